The van der Waals surface area contributed by atoms with Gasteiger partial charge in [0.25, 0.3) is 0 Å². The summed E-state index contributed by atoms with van der Waals surface area (Å²) in [5, 5.41) is 9.48. The molecule has 0 amide bonds. The van der Waals surface area contributed by atoms with E-state index in [4.69, 9.17) is 6.57 Å². The average molecular weight is 371 g/mol. The van der Waals surface area contributed by atoms with Crippen LogP contribution in [0.5, 0.6) is 0 Å². The number of hydrogen-bond acceptors (Lipinski definition) is 5. The normalized spacial score (nSPS) is 26.3. The SMILES string of the molecule is [C-]#[N+]C(C#N)=C1N(CCCN2CCCC2C)CCN1CCN1CCCCC1. The van der Waals surface area contributed by atoms with Gasteiger partial charge in [-0.3, -0.25) is 0 Å². The summed E-state index contributed by atoms with van der Waals surface area (Å²) in [4.78, 5) is 13.2. The van der Waals surface area contributed by atoms with E-state index in [0.717, 1.165) is 51.5 Å². The first-order chi connectivity index (χ1) is 13.2. The van der Waals surface area contributed by atoms with E-state index in [0.29, 0.717) is 6.04 Å². The van der Waals surface area contributed by atoms with Gasteiger partial charge in [-0.2, -0.15) is 0 Å². The Morgan fingerprint density at radius 3 is 2.37 bits per heavy atom. The standard InChI is InChI=1S/C21H34N6/c1-19-8-6-11-25(19)12-7-13-26-16-17-27(21(26)20(18-22)23-2)15-14-24-9-4-3-5-10-24/h19H,3-17H2,1H3. The van der Waals surface area contributed by atoms with E-state index in [9.17, 15) is 5.26 Å². The van der Waals surface area contributed by atoms with Crippen molar-refractivity contribution in [3.05, 3.63) is 22.9 Å². The van der Waals surface area contributed by atoms with Gasteiger partial charge in [-0.1, -0.05) is 6.42 Å². The Morgan fingerprint density at radius 1 is 1.00 bits per heavy atom. The molecule has 27 heavy (non-hydrogen) atoms. The van der Waals surface area contributed by atoms with Crippen molar-refractivity contribution in [2.24, 2.45) is 0 Å². The maximum Gasteiger partial charge on any atom is 0.300 e. The fourth-order valence-electron chi connectivity index (χ4n) is 4.75. The Hall–Kier alpha value is -1.76. The van der Waals surface area contributed by atoms with Crippen molar-refractivity contribution in [3.8, 4) is 6.07 Å². The predicted molar refractivity (Wildman–Crippen MR) is 108 cm³/mol. The predicted octanol–water partition coefficient (Wildman–Crippen LogP) is 2.58. The smallest absolute Gasteiger partial charge is 0.300 e. The summed E-state index contributed by atoms with van der Waals surface area (Å²) < 4.78 is 0. The average Bonchev–Trinajstić information content (AvgIpc) is 3.29. The molecule has 1 atom stereocenters. The van der Waals surface area contributed by atoms with Crippen LogP contribution in [0, 0.1) is 17.9 Å². The van der Waals surface area contributed by atoms with Crippen LogP contribution >= 0.6 is 0 Å². The van der Waals surface area contributed by atoms with Crippen LogP contribution in [0.3, 0.4) is 0 Å². The Bertz CT molecular complexity index is 579. The molecule has 6 heteroatoms. The van der Waals surface area contributed by atoms with Crippen LogP contribution in [0.4, 0.5) is 0 Å². The zero-order valence-electron chi connectivity index (χ0n) is 16.9. The lowest BCUT2D eigenvalue weighted by Crippen LogP contribution is -2.37. The minimum atomic E-state index is 0.265. The summed E-state index contributed by atoms with van der Waals surface area (Å²) in [6.07, 6.45) is 7.69. The van der Waals surface area contributed by atoms with Gasteiger partial charge >= 0.3 is 5.70 Å². The van der Waals surface area contributed by atoms with Crippen molar-refractivity contribution in [3.63, 3.8) is 0 Å². The van der Waals surface area contributed by atoms with Gasteiger partial charge in [-0.25, -0.2) is 10.1 Å². The lowest BCUT2D eigenvalue weighted by Gasteiger charge is -2.31. The molecule has 0 radical (unpaired) electrons. The number of hydrogen-bond donors (Lipinski definition) is 0. The third-order valence-corrected chi connectivity index (χ3v) is 6.37. The zero-order chi connectivity index (χ0) is 19.1. The highest BCUT2D eigenvalue weighted by Crippen LogP contribution is 2.24. The molecule has 0 saturated carbocycles. The second kappa shape index (κ2) is 9.97. The molecule has 3 fully saturated rings. The molecule has 0 aliphatic carbocycles. The van der Waals surface area contributed by atoms with Crippen LogP contribution in [0.1, 0.15) is 45.4 Å². The number of likely N-dealkylation sites (tertiary alicyclic amines) is 2. The summed E-state index contributed by atoms with van der Waals surface area (Å²) >= 11 is 0. The third kappa shape index (κ3) is 5.15. The Labute approximate surface area is 164 Å². The van der Waals surface area contributed by atoms with Gasteiger partial charge in [0, 0.05) is 45.3 Å². The number of allylic oxidation sites excluding steroid dienone is 1. The molecular formula is C21H34N6. The monoisotopic (exact) mass is 370 g/mol. The summed E-state index contributed by atoms with van der Waals surface area (Å²) in [7, 11) is 0. The van der Waals surface area contributed by atoms with Crippen molar-refractivity contribution >= 4 is 0 Å². The molecular weight excluding hydrogens is 336 g/mol. The minimum absolute atomic E-state index is 0.265. The molecule has 0 aromatic heterocycles. The first-order valence-corrected chi connectivity index (χ1v) is 10.7. The van der Waals surface area contributed by atoms with Crippen LogP contribution in [-0.2, 0) is 0 Å². The molecule has 3 aliphatic heterocycles. The fourth-order valence-corrected chi connectivity index (χ4v) is 4.75. The van der Waals surface area contributed by atoms with E-state index in [1.165, 1.54) is 51.7 Å². The van der Waals surface area contributed by atoms with E-state index in [-0.39, 0.29) is 5.70 Å². The Morgan fingerprint density at radius 2 is 1.74 bits per heavy atom. The molecule has 3 aliphatic rings. The van der Waals surface area contributed by atoms with Gasteiger partial charge in [-0.05, 0) is 58.7 Å². The van der Waals surface area contributed by atoms with E-state index in [1.807, 2.05) is 0 Å². The van der Waals surface area contributed by atoms with Gasteiger partial charge in [0.1, 0.15) is 5.82 Å². The second-order valence-corrected chi connectivity index (χ2v) is 8.15. The molecule has 0 spiro atoms. The largest absolute Gasteiger partial charge is 0.365 e. The molecule has 0 aromatic rings. The second-order valence-electron chi connectivity index (χ2n) is 8.15. The maximum absolute atomic E-state index is 9.48. The molecule has 6 nitrogen and oxygen atoms in total. The highest BCUT2D eigenvalue weighted by Gasteiger charge is 2.29. The molecule has 0 bridgehead atoms. The van der Waals surface area contributed by atoms with Crippen LogP contribution in [-0.4, -0.2) is 84.5 Å². The summed E-state index contributed by atoms with van der Waals surface area (Å²) in [6, 6.07) is 2.85. The van der Waals surface area contributed by atoms with Gasteiger partial charge in [0.2, 0.25) is 0 Å². The molecule has 3 heterocycles. The summed E-state index contributed by atoms with van der Waals surface area (Å²) in [6.45, 7) is 19.3. The molecule has 3 rings (SSSR count). The van der Waals surface area contributed by atoms with Crippen molar-refractivity contribution < 1.29 is 0 Å². The van der Waals surface area contributed by atoms with Crippen molar-refractivity contribution in [1.82, 2.24) is 19.6 Å². The Kier molecular flexibility index (Phi) is 7.38. The zero-order valence-corrected chi connectivity index (χ0v) is 16.9. The fraction of sp³-hybridized carbons (Fsp3) is 0.810. The van der Waals surface area contributed by atoms with E-state index < -0.39 is 0 Å². The van der Waals surface area contributed by atoms with Gasteiger partial charge in [0.05, 0.1) is 12.6 Å². The first kappa shape index (κ1) is 20.0. The highest BCUT2D eigenvalue weighted by molar-refractivity contribution is 5.33. The molecule has 3 saturated heterocycles. The van der Waals surface area contributed by atoms with Crippen LogP contribution in [0.15, 0.2) is 11.5 Å². The molecule has 0 aromatic carbocycles. The van der Waals surface area contributed by atoms with Gasteiger partial charge < -0.3 is 19.6 Å². The summed E-state index contributed by atoms with van der Waals surface area (Å²) in [5.74, 6) is 0.888. The van der Waals surface area contributed by atoms with Crippen LogP contribution < -0.4 is 0 Å². The molecule has 1 unspecified atom stereocenters. The van der Waals surface area contributed by atoms with Crippen molar-refractivity contribution in [2.75, 3.05) is 58.9 Å². The van der Waals surface area contributed by atoms with E-state index in [2.05, 4.69) is 37.4 Å². The van der Waals surface area contributed by atoms with Crippen LogP contribution in [0.25, 0.3) is 4.85 Å². The van der Waals surface area contributed by atoms with E-state index in [1.54, 1.807) is 0 Å². The van der Waals surface area contributed by atoms with Gasteiger partial charge in [0.15, 0.2) is 0 Å². The number of nitrogens with zero attached hydrogens (tertiary/aromatic N) is 6. The van der Waals surface area contributed by atoms with Gasteiger partial charge in [-0.15, -0.1) is 0 Å². The molecule has 148 valence electrons. The Balaban J connectivity index is 1.56. The number of rotatable bonds is 7. The van der Waals surface area contributed by atoms with Crippen molar-refractivity contribution in [1.29, 1.82) is 5.26 Å². The third-order valence-electron chi connectivity index (χ3n) is 6.37. The lowest BCUT2D eigenvalue weighted by atomic mass is 10.1. The molecule has 0 N–H and O–H groups in total. The quantitative estimate of drug-likeness (QED) is 0.509. The number of nitriles is 1. The maximum atomic E-state index is 9.48. The number of piperidine rings is 1. The van der Waals surface area contributed by atoms with E-state index >= 15 is 0 Å². The minimum Gasteiger partial charge on any atom is -0.365 e. The highest BCUT2D eigenvalue weighted by atomic mass is 15.4. The topological polar surface area (TPSA) is 41.1 Å². The first-order valence-electron chi connectivity index (χ1n) is 10.7. The van der Waals surface area contributed by atoms with Crippen molar-refractivity contribution in [2.45, 2.75) is 51.5 Å². The van der Waals surface area contributed by atoms with Crippen LogP contribution in [0.2, 0.25) is 0 Å². The summed E-state index contributed by atoms with van der Waals surface area (Å²) in [5.41, 5.74) is 0.265. The lowest BCUT2D eigenvalue weighted by molar-refractivity contribution is 0.201.